The maximum atomic E-state index is 4.78. The zero-order valence-corrected chi connectivity index (χ0v) is 12.6. The monoisotopic (exact) mass is 262 g/mol. The van der Waals surface area contributed by atoms with Gasteiger partial charge < -0.3 is 5.32 Å². The summed E-state index contributed by atoms with van der Waals surface area (Å²) in [7, 11) is 0. The molecule has 0 amide bonds. The third-order valence-electron chi connectivity index (χ3n) is 3.37. The molecule has 0 saturated heterocycles. The first-order valence-corrected chi connectivity index (χ1v) is 7.33. The number of hydrogen-bond acceptors (Lipinski definition) is 3. The lowest BCUT2D eigenvalue weighted by Gasteiger charge is -2.40. The number of hydrogen-bond donors (Lipinski definition) is 1. The third kappa shape index (κ3) is 2.89. The van der Waals surface area contributed by atoms with Crippen molar-refractivity contribution < 1.29 is 0 Å². The Morgan fingerprint density at radius 1 is 1.28 bits per heavy atom. The highest BCUT2D eigenvalue weighted by Crippen LogP contribution is 2.34. The third-order valence-corrected chi connectivity index (χ3v) is 4.45. The largest absolute Gasteiger partial charge is 0.379 e. The van der Waals surface area contributed by atoms with E-state index in [0.717, 1.165) is 0 Å². The van der Waals surface area contributed by atoms with E-state index in [1.807, 2.05) is 11.8 Å². The molecule has 3 heteroatoms. The van der Waals surface area contributed by atoms with E-state index < -0.39 is 0 Å². The predicted octanol–water partition coefficient (Wildman–Crippen LogP) is 4.11. The van der Waals surface area contributed by atoms with Crippen molar-refractivity contribution in [1.29, 1.82) is 0 Å². The van der Waals surface area contributed by atoms with E-state index in [2.05, 4.69) is 64.2 Å². The topological polar surface area (TPSA) is 24.4 Å². The molecule has 1 aromatic carbocycles. The Kier molecular flexibility index (Phi) is 3.71. The average Bonchev–Trinajstić information content (AvgIpc) is 2.22. The second-order valence-electron chi connectivity index (χ2n) is 5.60. The van der Waals surface area contributed by atoms with Crippen LogP contribution in [0.4, 0.5) is 5.69 Å². The molecule has 1 aromatic rings. The van der Waals surface area contributed by atoms with E-state index in [4.69, 9.17) is 4.99 Å². The Labute approximate surface area is 114 Å². The zero-order chi connectivity index (χ0) is 13.3. The molecular formula is C15H22N2S. The van der Waals surface area contributed by atoms with Gasteiger partial charge in [0.15, 0.2) is 0 Å². The van der Waals surface area contributed by atoms with Crippen molar-refractivity contribution in [3.8, 4) is 0 Å². The van der Waals surface area contributed by atoms with Gasteiger partial charge in [-0.1, -0.05) is 19.1 Å². The van der Waals surface area contributed by atoms with Gasteiger partial charge in [0.2, 0.25) is 0 Å². The number of aryl methyl sites for hydroxylation is 1. The molecule has 18 heavy (non-hydrogen) atoms. The molecule has 2 nitrogen and oxygen atoms in total. The van der Waals surface area contributed by atoms with E-state index in [9.17, 15) is 0 Å². The number of anilines is 1. The maximum Gasteiger partial charge on any atom is 0.0772 e. The summed E-state index contributed by atoms with van der Waals surface area (Å²) in [6, 6.07) is 8.90. The number of aliphatic imine (C=N–C) groups is 1. The minimum atomic E-state index is -0.0570. The van der Waals surface area contributed by atoms with Gasteiger partial charge in [-0.3, -0.25) is 4.99 Å². The molecule has 0 bridgehead atoms. The molecule has 1 aliphatic heterocycles. The van der Waals surface area contributed by atoms with E-state index in [1.54, 1.807) is 0 Å². The normalized spacial score (nSPS) is 26.6. The second-order valence-corrected chi connectivity index (χ2v) is 7.17. The summed E-state index contributed by atoms with van der Waals surface area (Å²) in [6.45, 7) is 10.9. The quantitative estimate of drug-likeness (QED) is 0.867. The van der Waals surface area contributed by atoms with Crippen molar-refractivity contribution in [1.82, 2.24) is 0 Å². The molecule has 0 saturated carbocycles. The fourth-order valence-corrected chi connectivity index (χ4v) is 3.98. The lowest BCUT2D eigenvalue weighted by atomic mass is 9.92. The summed E-state index contributed by atoms with van der Waals surface area (Å²) in [4.78, 5) is 4.78. The molecule has 0 aromatic heterocycles. The smallest absolute Gasteiger partial charge is 0.0772 e. The average molecular weight is 262 g/mol. The summed E-state index contributed by atoms with van der Waals surface area (Å²) in [5, 5.41) is 5.37. The standard InChI is InChI=1S/C15H22N2S/c1-10-7-6-8-13(9-10)16-14-11(2)18-12(3)17-15(14,4)5/h6-9,11,14,16H,1-5H3. The summed E-state index contributed by atoms with van der Waals surface area (Å²) >= 11 is 1.86. The van der Waals surface area contributed by atoms with Crippen LogP contribution in [-0.2, 0) is 0 Å². The van der Waals surface area contributed by atoms with Gasteiger partial charge in [-0.25, -0.2) is 0 Å². The molecule has 2 rings (SSSR count). The van der Waals surface area contributed by atoms with Gasteiger partial charge in [-0.15, -0.1) is 11.8 Å². The molecular weight excluding hydrogens is 240 g/mol. The predicted molar refractivity (Wildman–Crippen MR) is 82.8 cm³/mol. The highest BCUT2D eigenvalue weighted by atomic mass is 32.2. The molecule has 1 heterocycles. The Hall–Kier alpha value is -0.960. The van der Waals surface area contributed by atoms with Crippen LogP contribution in [0.25, 0.3) is 0 Å². The maximum absolute atomic E-state index is 4.78. The Balaban J connectivity index is 2.23. The van der Waals surface area contributed by atoms with Crippen LogP contribution in [0, 0.1) is 6.92 Å². The van der Waals surface area contributed by atoms with E-state index in [0.29, 0.717) is 11.3 Å². The van der Waals surface area contributed by atoms with Gasteiger partial charge in [-0.2, -0.15) is 0 Å². The zero-order valence-electron chi connectivity index (χ0n) is 11.8. The molecule has 2 unspecified atom stereocenters. The molecule has 0 aliphatic carbocycles. The van der Waals surface area contributed by atoms with E-state index in [1.165, 1.54) is 16.3 Å². The molecule has 98 valence electrons. The van der Waals surface area contributed by atoms with Crippen molar-refractivity contribution in [2.75, 3.05) is 5.32 Å². The first kappa shape index (κ1) is 13.5. The lowest BCUT2D eigenvalue weighted by Crippen LogP contribution is -2.49. The summed E-state index contributed by atoms with van der Waals surface area (Å²) < 4.78 is 0. The molecule has 0 radical (unpaired) electrons. The van der Waals surface area contributed by atoms with Crippen LogP contribution in [0.2, 0.25) is 0 Å². The number of benzene rings is 1. The summed E-state index contributed by atoms with van der Waals surface area (Å²) in [5.41, 5.74) is 2.42. The van der Waals surface area contributed by atoms with Crippen LogP contribution in [0.5, 0.6) is 0 Å². The highest BCUT2D eigenvalue weighted by Gasteiger charge is 2.37. The van der Waals surface area contributed by atoms with Crippen LogP contribution in [-0.4, -0.2) is 21.9 Å². The van der Waals surface area contributed by atoms with Crippen LogP contribution in [0.3, 0.4) is 0 Å². The SMILES string of the molecule is CC1=NC(C)(C)C(Nc2cccc(C)c2)C(C)S1. The van der Waals surface area contributed by atoms with Crippen LogP contribution in [0.1, 0.15) is 33.3 Å². The Morgan fingerprint density at radius 2 is 2.00 bits per heavy atom. The van der Waals surface area contributed by atoms with Crippen molar-refractivity contribution in [2.24, 2.45) is 4.99 Å². The fraction of sp³-hybridized carbons (Fsp3) is 0.533. The second kappa shape index (κ2) is 4.96. The molecule has 2 atom stereocenters. The first-order valence-electron chi connectivity index (χ1n) is 6.45. The van der Waals surface area contributed by atoms with Crippen molar-refractivity contribution in [3.05, 3.63) is 29.8 Å². The fourth-order valence-electron chi connectivity index (χ4n) is 2.62. The van der Waals surface area contributed by atoms with Gasteiger partial charge in [0.1, 0.15) is 0 Å². The summed E-state index contributed by atoms with van der Waals surface area (Å²) in [5.74, 6) is 0. The highest BCUT2D eigenvalue weighted by molar-refractivity contribution is 8.14. The molecule has 1 N–H and O–H groups in total. The van der Waals surface area contributed by atoms with E-state index in [-0.39, 0.29) is 5.54 Å². The van der Waals surface area contributed by atoms with E-state index >= 15 is 0 Å². The minimum Gasteiger partial charge on any atom is -0.379 e. The summed E-state index contributed by atoms with van der Waals surface area (Å²) in [6.07, 6.45) is 0. The molecule has 0 spiro atoms. The van der Waals surface area contributed by atoms with Gasteiger partial charge in [0.25, 0.3) is 0 Å². The molecule has 0 fully saturated rings. The molecule has 1 aliphatic rings. The Bertz CT molecular complexity index is 465. The number of nitrogens with zero attached hydrogens (tertiary/aromatic N) is 1. The number of thioether (sulfide) groups is 1. The van der Waals surface area contributed by atoms with Crippen LogP contribution in [0.15, 0.2) is 29.3 Å². The van der Waals surface area contributed by atoms with Gasteiger partial charge in [-0.05, 0) is 45.4 Å². The van der Waals surface area contributed by atoms with Gasteiger partial charge in [0, 0.05) is 10.9 Å². The van der Waals surface area contributed by atoms with Crippen LogP contribution >= 0.6 is 11.8 Å². The lowest BCUT2D eigenvalue weighted by molar-refractivity contribution is 0.430. The van der Waals surface area contributed by atoms with Crippen molar-refractivity contribution in [2.45, 2.75) is 51.4 Å². The van der Waals surface area contributed by atoms with Crippen LogP contribution < -0.4 is 5.32 Å². The van der Waals surface area contributed by atoms with Gasteiger partial charge >= 0.3 is 0 Å². The van der Waals surface area contributed by atoms with Gasteiger partial charge in [0.05, 0.1) is 16.6 Å². The van der Waals surface area contributed by atoms with Crippen molar-refractivity contribution in [3.63, 3.8) is 0 Å². The van der Waals surface area contributed by atoms with Crippen molar-refractivity contribution >= 4 is 22.5 Å². The number of nitrogens with one attached hydrogen (secondary N) is 1. The first-order chi connectivity index (χ1) is 8.38. The number of rotatable bonds is 2. The minimum absolute atomic E-state index is 0.0570. The Morgan fingerprint density at radius 3 is 2.61 bits per heavy atom.